The van der Waals surface area contributed by atoms with Gasteiger partial charge < -0.3 is 10.3 Å². The second-order valence-electron chi connectivity index (χ2n) is 6.57. The summed E-state index contributed by atoms with van der Waals surface area (Å²) in [7, 11) is 0. The van der Waals surface area contributed by atoms with Gasteiger partial charge in [0.15, 0.2) is 5.65 Å². The normalized spacial score (nSPS) is 10.9. The van der Waals surface area contributed by atoms with E-state index in [1.807, 2.05) is 18.2 Å². The van der Waals surface area contributed by atoms with E-state index in [0.29, 0.717) is 28.2 Å². The molecule has 2 aromatic carbocycles. The molecular formula is C21H19N5O2S. The highest BCUT2D eigenvalue weighted by molar-refractivity contribution is 7.99. The van der Waals surface area contributed by atoms with Crippen LogP contribution < -0.4 is 10.9 Å². The van der Waals surface area contributed by atoms with Gasteiger partial charge >= 0.3 is 0 Å². The highest BCUT2D eigenvalue weighted by Gasteiger charge is 2.13. The van der Waals surface area contributed by atoms with Gasteiger partial charge in [0.05, 0.1) is 29.7 Å². The van der Waals surface area contributed by atoms with Crippen LogP contribution in [0, 0.1) is 6.92 Å². The predicted molar refractivity (Wildman–Crippen MR) is 115 cm³/mol. The Hall–Kier alpha value is -3.39. The second-order valence-corrected chi connectivity index (χ2v) is 7.55. The maximum atomic E-state index is 12.5. The number of aromatic nitrogens is 4. The molecule has 0 saturated heterocycles. The van der Waals surface area contributed by atoms with E-state index in [2.05, 4.69) is 51.6 Å². The van der Waals surface area contributed by atoms with Crippen LogP contribution in [0.25, 0.3) is 16.7 Å². The lowest BCUT2D eigenvalue weighted by atomic mass is 10.2. The lowest BCUT2D eigenvalue weighted by Crippen LogP contribution is -2.16. The van der Waals surface area contributed by atoms with Crippen LogP contribution in [0.4, 0.5) is 5.69 Å². The molecule has 0 bridgehead atoms. The Morgan fingerprint density at radius 2 is 1.97 bits per heavy atom. The van der Waals surface area contributed by atoms with Crippen molar-refractivity contribution in [2.45, 2.75) is 12.7 Å². The Morgan fingerprint density at radius 1 is 1.17 bits per heavy atom. The molecule has 0 aliphatic heterocycles. The van der Waals surface area contributed by atoms with Crippen molar-refractivity contribution in [2.24, 2.45) is 0 Å². The third-order valence-corrected chi connectivity index (χ3v) is 5.40. The first-order valence-corrected chi connectivity index (χ1v) is 10.2. The van der Waals surface area contributed by atoms with Gasteiger partial charge in [0.2, 0.25) is 5.91 Å². The van der Waals surface area contributed by atoms with Crippen LogP contribution in [0.2, 0.25) is 0 Å². The highest BCUT2D eigenvalue weighted by Crippen LogP contribution is 2.22. The summed E-state index contributed by atoms with van der Waals surface area (Å²) in [6, 6.07) is 15.6. The van der Waals surface area contributed by atoms with Crippen LogP contribution in [0.5, 0.6) is 0 Å². The summed E-state index contributed by atoms with van der Waals surface area (Å²) in [6.07, 6.45) is 2.81. The molecule has 4 aromatic rings. The Kier molecular flexibility index (Phi) is 5.44. The van der Waals surface area contributed by atoms with Crippen molar-refractivity contribution in [2.75, 3.05) is 11.1 Å². The monoisotopic (exact) mass is 405 g/mol. The zero-order valence-corrected chi connectivity index (χ0v) is 16.6. The van der Waals surface area contributed by atoms with Crippen LogP contribution >= 0.6 is 11.8 Å². The topological polar surface area (TPSA) is 92.7 Å². The van der Waals surface area contributed by atoms with Gasteiger partial charge in [-0.15, -0.1) is 11.8 Å². The molecule has 146 valence electrons. The number of amides is 1. The predicted octanol–water partition coefficient (Wildman–Crippen LogP) is 3.29. The van der Waals surface area contributed by atoms with Gasteiger partial charge in [-0.1, -0.05) is 42.0 Å². The van der Waals surface area contributed by atoms with Gasteiger partial charge in [0, 0.05) is 5.75 Å². The molecule has 2 N–H and O–H groups in total. The second kappa shape index (κ2) is 8.32. The minimum atomic E-state index is -0.254. The Morgan fingerprint density at radius 3 is 2.79 bits per heavy atom. The fraction of sp³-hybridized carbons (Fsp3) is 0.143. The number of fused-ring (bicyclic) bond motifs is 1. The fourth-order valence-corrected chi connectivity index (χ4v) is 3.72. The fourth-order valence-electron chi connectivity index (χ4n) is 2.93. The molecular weight excluding hydrogens is 386 g/mol. The number of aromatic amines is 1. The molecule has 0 unspecified atom stereocenters. The number of hydrogen-bond acceptors (Lipinski definition) is 5. The van der Waals surface area contributed by atoms with Crippen molar-refractivity contribution in [3.05, 3.63) is 82.5 Å². The lowest BCUT2D eigenvalue weighted by Gasteiger charge is -2.11. The molecule has 29 heavy (non-hydrogen) atoms. The summed E-state index contributed by atoms with van der Waals surface area (Å²) in [5, 5.41) is 7.61. The van der Waals surface area contributed by atoms with E-state index < -0.39 is 0 Å². The van der Waals surface area contributed by atoms with E-state index in [0.717, 1.165) is 5.75 Å². The molecule has 4 rings (SSSR count). The molecule has 2 heterocycles. The summed E-state index contributed by atoms with van der Waals surface area (Å²) >= 11 is 1.56. The minimum Gasteiger partial charge on any atom is -0.323 e. The number of rotatable bonds is 6. The Bertz CT molecular complexity index is 1210. The Labute approximate surface area is 171 Å². The number of nitrogens with zero attached hydrogens (tertiary/aromatic N) is 3. The third kappa shape index (κ3) is 4.22. The maximum absolute atomic E-state index is 12.5. The summed E-state index contributed by atoms with van der Waals surface area (Å²) in [5.41, 5.74) is 3.85. The van der Waals surface area contributed by atoms with E-state index in [4.69, 9.17) is 0 Å². The molecule has 0 spiro atoms. The number of nitrogens with one attached hydrogen (secondary N) is 2. The van der Waals surface area contributed by atoms with Gasteiger partial charge in [0.25, 0.3) is 5.56 Å². The van der Waals surface area contributed by atoms with Crippen molar-refractivity contribution in [3.8, 4) is 5.69 Å². The SMILES string of the molecule is Cc1ccc(CSCC(=O)Nc2ccccc2-n2ncc3c(=O)[nH]cnc32)cc1. The van der Waals surface area contributed by atoms with Crippen molar-refractivity contribution < 1.29 is 4.79 Å². The van der Waals surface area contributed by atoms with E-state index >= 15 is 0 Å². The number of thioether (sulfide) groups is 1. The number of carbonyl (C=O) groups is 1. The number of H-pyrrole nitrogens is 1. The molecule has 0 saturated carbocycles. The van der Waals surface area contributed by atoms with Gasteiger partial charge in [-0.25, -0.2) is 9.67 Å². The first kappa shape index (κ1) is 18.9. The molecule has 0 radical (unpaired) electrons. The first-order valence-electron chi connectivity index (χ1n) is 9.06. The molecule has 0 aliphatic rings. The van der Waals surface area contributed by atoms with E-state index in [-0.39, 0.29) is 11.5 Å². The summed E-state index contributed by atoms with van der Waals surface area (Å²) in [6.45, 7) is 2.05. The number of aryl methyl sites for hydroxylation is 1. The number of anilines is 1. The largest absolute Gasteiger partial charge is 0.323 e. The lowest BCUT2D eigenvalue weighted by molar-refractivity contribution is -0.113. The highest BCUT2D eigenvalue weighted by atomic mass is 32.2. The van der Waals surface area contributed by atoms with E-state index in [1.165, 1.54) is 23.7 Å². The standard InChI is InChI=1S/C21H19N5O2S/c1-14-6-8-15(9-7-14)11-29-12-19(27)25-17-4-2-3-5-18(17)26-20-16(10-24-26)21(28)23-13-22-20/h2-10,13H,11-12H2,1H3,(H,25,27)(H,22,23,28). The van der Waals surface area contributed by atoms with Crippen LogP contribution in [-0.4, -0.2) is 31.4 Å². The number of benzene rings is 2. The van der Waals surface area contributed by atoms with Crippen molar-refractivity contribution in [1.29, 1.82) is 0 Å². The molecule has 2 aromatic heterocycles. The van der Waals surface area contributed by atoms with Gasteiger partial charge in [-0.05, 0) is 24.6 Å². The quantitative estimate of drug-likeness (QED) is 0.514. The number of carbonyl (C=O) groups excluding carboxylic acids is 1. The van der Waals surface area contributed by atoms with Crippen LogP contribution in [0.15, 0.2) is 65.8 Å². The van der Waals surface area contributed by atoms with Crippen molar-refractivity contribution in [1.82, 2.24) is 19.7 Å². The van der Waals surface area contributed by atoms with E-state index in [1.54, 1.807) is 22.5 Å². The number of para-hydroxylation sites is 2. The average Bonchev–Trinajstić information content (AvgIpc) is 3.15. The third-order valence-electron chi connectivity index (χ3n) is 4.40. The van der Waals surface area contributed by atoms with Gasteiger partial charge in [-0.2, -0.15) is 5.10 Å². The zero-order chi connectivity index (χ0) is 20.2. The summed E-state index contributed by atoms with van der Waals surface area (Å²) < 4.78 is 1.56. The molecule has 8 heteroatoms. The van der Waals surface area contributed by atoms with Crippen LogP contribution in [0.3, 0.4) is 0 Å². The van der Waals surface area contributed by atoms with Crippen molar-refractivity contribution in [3.63, 3.8) is 0 Å². The average molecular weight is 405 g/mol. The minimum absolute atomic E-state index is 0.100. The van der Waals surface area contributed by atoms with E-state index in [9.17, 15) is 9.59 Å². The molecule has 0 aliphatic carbocycles. The molecule has 0 fully saturated rings. The maximum Gasteiger partial charge on any atom is 0.261 e. The smallest absolute Gasteiger partial charge is 0.261 e. The van der Waals surface area contributed by atoms with Crippen molar-refractivity contribution >= 4 is 34.4 Å². The molecule has 1 amide bonds. The number of hydrogen-bond donors (Lipinski definition) is 2. The molecule has 0 atom stereocenters. The Balaban J connectivity index is 1.48. The van der Waals surface area contributed by atoms with Crippen LogP contribution in [0.1, 0.15) is 11.1 Å². The van der Waals surface area contributed by atoms with Gasteiger partial charge in [-0.3, -0.25) is 9.59 Å². The summed E-state index contributed by atoms with van der Waals surface area (Å²) in [4.78, 5) is 31.1. The molecule has 7 nitrogen and oxygen atoms in total. The first-order chi connectivity index (χ1) is 14.1. The summed E-state index contributed by atoms with van der Waals surface area (Å²) in [5.74, 6) is 1.00. The zero-order valence-electron chi connectivity index (χ0n) is 15.8. The van der Waals surface area contributed by atoms with Gasteiger partial charge in [0.1, 0.15) is 5.39 Å². The van der Waals surface area contributed by atoms with Crippen LogP contribution in [-0.2, 0) is 10.5 Å².